The normalized spacial score (nSPS) is 18.1. The van der Waals surface area contributed by atoms with Crippen LogP contribution in [-0.2, 0) is 11.3 Å². The van der Waals surface area contributed by atoms with Crippen LogP contribution in [0.4, 0.5) is 5.82 Å². The molecule has 0 unspecified atom stereocenters. The molecular formula is C21H30Cl2N4O2. The number of halogens is 2. The average molecular weight is 441 g/mol. The van der Waals surface area contributed by atoms with Crippen LogP contribution in [0.25, 0.3) is 11.1 Å². The van der Waals surface area contributed by atoms with Crippen molar-refractivity contribution in [1.29, 1.82) is 0 Å². The average Bonchev–Trinajstić information content (AvgIpc) is 2.71. The van der Waals surface area contributed by atoms with E-state index in [0.717, 1.165) is 48.1 Å². The summed E-state index contributed by atoms with van der Waals surface area (Å²) in [5.41, 5.74) is 8.75. The second-order valence-electron chi connectivity index (χ2n) is 7.05. The zero-order chi connectivity index (χ0) is 19.2. The second-order valence-corrected chi connectivity index (χ2v) is 7.05. The first-order valence-corrected chi connectivity index (χ1v) is 9.44. The molecule has 2 aromatic rings. The van der Waals surface area contributed by atoms with E-state index < -0.39 is 0 Å². The molecule has 1 saturated carbocycles. The molecule has 0 aliphatic heterocycles. The van der Waals surface area contributed by atoms with E-state index >= 15 is 0 Å². The van der Waals surface area contributed by atoms with Crippen LogP contribution in [0, 0.1) is 5.92 Å². The Balaban J connectivity index is 0.00000210. The van der Waals surface area contributed by atoms with E-state index in [2.05, 4.69) is 15.6 Å². The zero-order valence-corrected chi connectivity index (χ0v) is 18.4. The summed E-state index contributed by atoms with van der Waals surface area (Å²) >= 11 is 0. The summed E-state index contributed by atoms with van der Waals surface area (Å²) < 4.78 is 5.47. The molecule has 160 valence electrons. The summed E-state index contributed by atoms with van der Waals surface area (Å²) in [5, 5.41) is 6.39. The Hall–Kier alpha value is -2.02. The maximum absolute atomic E-state index is 12.6. The van der Waals surface area contributed by atoms with Crippen LogP contribution in [0.1, 0.15) is 31.2 Å². The van der Waals surface area contributed by atoms with Crippen molar-refractivity contribution in [1.82, 2.24) is 15.6 Å². The number of pyridine rings is 1. The molecule has 0 radical (unpaired) electrons. The van der Waals surface area contributed by atoms with Gasteiger partial charge in [0.1, 0.15) is 11.6 Å². The van der Waals surface area contributed by atoms with E-state index in [9.17, 15) is 4.79 Å². The lowest BCUT2D eigenvalue weighted by molar-refractivity contribution is -0.126. The standard InChI is InChI=1S/C21H28N4O2.2ClH/c1-23-18-6-3-14(4-7-18)21(26)25-13-17-11-15(5-8-19(17)27-2)16-9-10-24-20(22)12-16;;/h5,8-12,14,18,23H,3-4,6-7,13H2,1-2H3,(H2,22,24)(H,25,26);2*1H. The molecule has 1 aromatic heterocycles. The molecule has 1 aliphatic carbocycles. The highest BCUT2D eigenvalue weighted by atomic mass is 35.5. The first-order chi connectivity index (χ1) is 13.1. The van der Waals surface area contributed by atoms with Crippen LogP contribution < -0.4 is 21.1 Å². The number of nitrogen functional groups attached to an aromatic ring is 1. The fourth-order valence-electron chi connectivity index (χ4n) is 3.70. The van der Waals surface area contributed by atoms with E-state index in [0.29, 0.717) is 18.4 Å². The van der Waals surface area contributed by atoms with Gasteiger partial charge in [-0.2, -0.15) is 0 Å². The maximum Gasteiger partial charge on any atom is 0.223 e. The number of carbonyl (C=O) groups is 1. The summed E-state index contributed by atoms with van der Waals surface area (Å²) in [6, 6.07) is 10.2. The number of benzene rings is 1. The van der Waals surface area contributed by atoms with Gasteiger partial charge >= 0.3 is 0 Å². The van der Waals surface area contributed by atoms with Gasteiger partial charge in [-0.3, -0.25) is 4.79 Å². The van der Waals surface area contributed by atoms with Gasteiger partial charge in [0.05, 0.1) is 7.11 Å². The molecule has 1 heterocycles. The first-order valence-electron chi connectivity index (χ1n) is 9.44. The third-order valence-electron chi connectivity index (χ3n) is 5.35. The van der Waals surface area contributed by atoms with Crippen molar-refractivity contribution < 1.29 is 9.53 Å². The SMILES string of the molecule is CNC1CCC(C(=O)NCc2cc(-c3ccnc(N)c3)ccc2OC)CC1.Cl.Cl. The number of aromatic nitrogens is 1. The van der Waals surface area contributed by atoms with Crippen molar-refractivity contribution in [2.24, 2.45) is 5.92 Å². The number of hydrogen-bond acceptors (Lipinski definition) is 5. The van der Waals surface area contributed by atoms with E-state index in [-0.39, 0.29) is 36.6 Å². The van der Waals surface area contributed by atoms with Gasteiger partial charge in [-0.15, -0.1) is 24.8 Å². The summed E-state index contributed by atoms with van der Waals surface area (Å²) in [7, 11) is 3.63. The molecule has 0 atom stereocenters. The van der Waals surface area contributed by atoms with Gasteiger partial charge in [0, 0.05) is 30.3 Å². The highest BCUT2D eigenvalue weighted by Gasteiger charge is 2.25. The minimum absolute atomic E-state index is 0. The minimum atomic E-state index is 0. The van der Waals surface area contributed by atoms with Crippen LogP contribution in [0.15, 0.2) is 36.5 Å². The fourth-order valence-corrected chi connectivity index (χ4v) is 3.70. The third-order valence-corrected chi connectivity index (χ3v) is 5.35. The van der Waals surface area contributed by atoms with E-state index in [4.69, 9.17) is 10.5 Å². The number of nitrogens with zero attached hydrogens (tertiary/aromatic N) is 1. The smallest absolute Gasteiger partial charge is 0.223 e. The van der Waals surface area contributed by atoms with Gasteiger partial charge in [0.25, 0.3) is 0 Å². The molecule has 0 bridgehead atoms. The molecule has 1 amide bonds. The van der Waals surface area contributed by atoms with Crippen LogP contribution >= 0.6 is 24.8 Å². The van der Waals surface area contributed by atoms with Crippen molar-refractivity contribution in [3.8, 4) is 16.9 Å². The van der Waals surface area contributed by atoms with Gasteiger partial charge in [0.15, 0.2) is 0 Å². The van der Waals surface area contributed by atoms with Crippen molar-refractivity contribution in [3.05, 3.63) is 42.1 Å². The maximum atomic E-state index is 12.6. The Kier molecular flexibility index (Phi) is 10.2. The van der Waals surface area contributed by atoms with Gasteiger partial charge in [-0.25, -0.2) is 4.98 Å². The van der Waals surface area contributed by atoms with E-state index in [1.165, 1.54) is 0 Å². The predicted octanol–water partition coefficient (Wildman–Crippen LogP) is 3.58. The highest BCUT2D eigenvalue weighted by Crippen LogP contribution is 2.28. The summed E-state index contributed by atoms with van der Waals surface area (Å²) in [5.74, 6) is 1.48. The lowest BCUT2D eigenvalue weighted by atomic mass is 9.85. The van der Waals surface area contributed by atoms with Crippen LogP contribution in [-0.4, -0.2) is 31.1 Å². The number of nitrogens with one attached hydrogen (secondary N) is 2. The Labute approximate surface area is 184 Å². The number of methoxy groups -OCH3 is 1. The van der Waals surface area contributed by atoms with Gasteiger partial charge in [0.2, 0.25) is 5.91 Å². The summed E-state index contributed by atoms with van der Waals surface area (Å²) in [6.07, 6.45) is 5.67. The molecule has 4 N–H and O–H groups in total. The van der Waals surface area contributed by atoms with Gasteiger partial charge in [-0.05, 0) is 68.1 Å². The zero-order valence-electron chi connectivity index (χ0n) is 16.8. The van der Waals surface area contributed by atoms with Crippen molar-refractivity contribution >= 4 is 36.5 Å². The number of anilines is 1. The number of hydrogen-bond donors (Lipinski definition) is 3. The topological polar surface area (TPSA) is 89.3 Å². The fraction of sp³-hybridized carbons (Fsp3) is 0.429. The Morgan fingerprint density at radius 1 is 1.14 bits per heavy atom. The predicted molar refractivity (Wildman–Crippen MR) is 122 cm³/mol. The number of carbonyl (C=O) groups excluding carboxylic acids is 1. The van der Waals surface area contributed by atoms with Crippen molar-refractivity contribution in [2.75, 3.05) is 19.9 Å². The molecule has 6 nitrogen and oxygen atoms in total. The van der Waals surface area contributed by atoms with Crippen molar-refractivity contribution in [2.45, 2.75) is 38.3 Å². The second kappa shape index (κ2) is 11.9. The van der Waals surface area contributed by atoms with Crippen LogP contribution in [0.5, 0.6) is 5.75 Å². The largest absolute Gasteiger partial charge is 0.496 e. The summed E-state index contributed by atoms with van der Waals surface area (Å²) in [4.78, 5) is 16.6. The molecule has 8 heteroatoms. The van der Waals surface area contributed by atoms with E-state index in [1.807, 2.05) is 37.4 Å². The Morgan fingerprint density at radius 2 is 1.83 bits per heavy atom. The monoisotopic (exact) mass is 440 g/mol. The van der Waals surface area contributed by atoms with Gasteiger partial charge in [-0.1, -0.05) is 6.07 Å². The molecule has 1 aromatic carbocycles. The van der Waals surface area contributed by atoms with E-state index in [1.54, 1.807) is 13.3 Å². The lowest BCUT2D eigenvalue weighted by Crippen LogP contribution is -2.37. The van der Waals surface area contributed by atoms with Crippen molar-refractivity contribution in [3.63, 3.8) is 0 Å². The molecule has 29 heavy (non-hydrogen) atoms. The molecule has 0 saturated heterocycles. The molecule has 0 spiro atoms. The number of nitrogens with two attached hydrogens (primary N) is 1. The van der Waals surface area contributed by atoms with Gasteiger partial charge < -0.3 is 21.1 Å². The molecular weight excluding hydrogens is 411 g/mol. The molecule has 1 fully saturated rings. The van der Waals surface area contributed by atoms with Crippen LogP contribution in [0.3, 0.4) is 0 Å². The number of amides is 1. The minimum Gasteiger partial charge on any atom is -0.496 e. The Bertz CT molecular complexity index is 796. The number of rotatable bonds is 6. The van der Waals surface area contributed by atoms with Crippen LogP contribution in [0.2, 0.25) is 0 Å². The lowest BCUT2D eigenvalue weighted by Gasteiger charge is -2.27. The number of ether oxygens (including phenoxy) is 1. The third kappa shape index (κ3) is 6.49. The first kappa shape index (κ1) is 25.0. The Morgan fingerprint density at radius 3 is 2.45 bits per heavy atom. The quantitative estimate of drug-likeness (QED) is 0.638. The molecule has 1 aliphatic rings. The highest BCUT2D eigenvalue weighted by molar-refractivity contribution is 5.85. The molecule has 3 rings (SSSR count). The summed E-state index contributed by atoms with van der Waals surface area (Å²) in [6.45, 7) is 0.447.